The minimum atomic E-state index is 0. The topological polar surface area (TPSA) is 9.23 Å². The number of benzene rings is 1. The Morgan fingerprint density at radius 1 is 1.17 bits per heavy atom. The molecule has 3 rings (SSSR count). The molecular formula is C22H29OPr-. The first-order valence-electron chi connectivity index (χ1n) is 8.91. The second-order valence-electron chi connectivity index (χ2n) is 7.50. The monoisotopic (exact) mass is 450 g/mol. The van der Waals surface area contributed by atoms with Gasteiger partial charge in [0, 0.05) is 41.3 Å². The molecule has 1 radical (unpaired) electrons. The number of ether oxygens (including phenoxy) is 1. The van der Waals surface area contributed by atoms with Crippen molar-refractivity contribution in [3.05, 3.63) is 65.1 Å². The van der Waals surface area contributed by atoms with Crippen LogP contribution in [0, 0.1) is 59.0 Å². The fraction of sp³-hybridized carbons (Fsp3) is 0.500. The molecule has 0 heterocycles. The van der Waals surface area contributed by atoms with Gasteiger partial charge in [0.05, 0.1) is 13.2 Å². The van der Waals surface area contributed by atoms with Crippen molar-refractivity contribution in [2.75, 3.05) is 6.61 Å². The summed E-state index contributed by atoms with van der Waals surface area (Å²) in [5.41, 5.74) is 6.29. The van der Waals surface area contributed by atoms with Gasteiger partial charge in [-0.15, -0.1) is 12.0 Å². The number of fused-ring (bicyclic) bond motifs is 1. The normalized spacial score (nSPS) is 26.2. The van der Waals surface area contributed by atoms with Crippen LogP contribution in [0.3, 0.4) is 0 Å². The van der Waals surface area contributed by atoms with Crippen LogP contribution < -0.4 is 0 Å². The molecule has 0 aromatic heterocycles. The predicted octanol–water partition coefficient (Wildman–Crippen LogP) is 5.88. The molecule has 1 aromatic carbocycles. The van der Waals surface area contributed by atoms with E-state index in [9.17, 15) is 0 Å². The standard InChI is InChI=1S/C22H29O.Pr/c1-17(2)21-12-11-19(14-20-10-7-13-22(20,21)3)16-23-15-18-8-5-4-6-9-18;/h4-6,8-10,14,20H,7,11-13,15-16H2,1-3H3;/q-1;/t20-,22-;/m1./s1. The molecule has 0 N–H and O–H groups in total. The zero-order valence-electron chi connectivity index (χ0n) is 15.3. The number of hydrogen-bond donors (Lipinski definition) is 0. The Morgan fingerprint density at radius 2 is 1.92 bits per heavy atom. The Bertz CT molecular complexity index is 598. The van der Waals surface area contributed by atoms with Crippen molar-refractivity contribution in [2.24, 2.45) is 11.3 Å². The van der Waals surface area contributed by atoms with Gasteiger partial charge >= 0.3 is 0 Å². The predicted molar refractivity (Wildman–Crippen MR) is 96.9 cm³/mol. The minimum Gasteiger partial charge on any atom is -0.372 e. The zero-order valence-corrected chi connectivity index (χ0v) is 19.1. The summed E-state index contributed by atoms with van der Waals surface area (Å²) in [6, 6.07) is 10.5. The molecule has 2 aliphatic carbocycles. The molecule has 1 saturated carbocycles. The van der Waals surface area contributed by atoms with E-state index in [0.717, 1.165) is 13.0 Å². The smallest absolute Gasteiger partial charge is 0.0721 e. The average Bonchev–Trinajstić information content (AvgIpc) is 2.83. The molecule has 24 heavy (non-hydrogen) atoms. The molecular weight excluding hydrogens is 421 g/mol. The third-order valence-electron chi connectivity index (χ3n) is 5.62. The Hall–Kier alpha value is 0.0236. The van der Waals surface area contributed by atoms with Crippen LogP contribution in [0.2, 0.25) is 0 Å². The summed E-state index contributed by atoms with van der Waals surface area (Å²) < 4.78 is 5.99. The summed E-state index contributed by atoms with van der Waals surface area (Å²) in [6.07, 6.45) is 9.91. The molecule has 0 aliphatic heterocycles. The molecule has 0 bridgehead atoms. The van der Waals surface area contributed by atoms with E-state index in [0.29, 0.717) is 17.9 Å². The van der Waals surface area contributed by atoms with Crippen molar-refractivity contribution in [2.45, 2.75) is 53.1 Å². The SMILES string of the molecule is CC(C)=C1CCC(COCc2ccccc2)=C[C@H]2[CH-]CC[C@@]12C.[Pr]. The number of allylic oxidation sites excluding steroid dienone is 3. The third kappa shape index (κ3) is 4.60. The second-order valence-corrected chi connectivity index (χ2v) is 7.50. The maximum absolute atomic E-state index is 5.99. The summed E-state index contributed by atoms with van der Waals surface area (Å²) in [5.74, 6) is 0.588. The van der Waals surface area contributed by atoms with Crippen molar-refractivity contribution < 1.29 is 46.0 Å². The Kier molecular flexibility index (Phi) is 7.71. The van der Waals surface area contributed by atoms with Gasteiger partial charge in [0.25, 0.3) is 0 Å². The Balaban J connectivity index is 0.00000208. The molecule has 127 valence electrons. The first-order chi connectivity index (χ1) is 11.1. The summed E-state index contributed by atoms with van der Waals surface area (Å²) in [6.45, 7) is 8.51. The minimum absolute atomic E-state index is 0. The van der Waals surface area contributed by atoms with E-state index in [4.69, 9.17) is 4.74 Å². The molecule has 1 nitrogen and oxygen atoms in total. The molecule has 1 fully saturated rings. The molecule has 0 saturated heterocycles. The van der Waals surface area contributed by atoms with Crippen LogP contribution in [0.25, 0.3) is 0 Å². The summed E-state index contributed by atoms with van der Waals surface area (Å²) in [5, 5.41) is 0. The molecule has 0 spiro atoms. The van der Waals surface area contributed by atoms with Crippen LogP contribution in [0.15, 0.2) is 53.1 Å². The molecule has 2 atom stereocenters. The fourth-order valence-electron chi connectivity index (χ4n) is 4.32. The van der Waals surface area contributed by atoms with E-state index < -0.39 is 0 Å². The molecule has 1 aromatic rings. The average molecular weight is 450 g/mol. The van der Waals surface area contributed by atoms with Crippen molar-refractivity contribution >= 4 is 0 Å². The van der Waals surface area contributed by atoms with Gasteiger partial charge in [-0.1, -0.05) is 60.4 Å². The van der Waals surface area contributed by atoms with Gasteiger partial charge in [-0.25, -0.2) is 0 Å². The first-order valence-corrected chi connectivity index (χ1v) is 8.91. The first kappa shape index (κ1) is 20.3. The van der Waals surface area contributed by atoms with Crippen LogP contribution in [0.5, 0.6) is 0 Å². The van der Waals surface area contributed by atoms with Crippen LogP contribution in [0.4, 0.5) is 0 Å². The largest absolute Gasteiger partial charge is 0.372 e. The van der Waals surface area contributed by atoms with E-state index in [1.54, 1.807) is 5.57 Å². The van der Waals surface area contributed by atoms with Gasteiger partial charge in [0.1, 0.15) is 0 Å². The summed E-state index contributed by atoms with van der Waals surface area (Å²) in [7, 11) is 0. The summed E-state index contributed by atoms with van der Waals surface area (Å²) >= 11 is 0. The molecule has 0 unspecified atom stereocenters. The van der Waals surface area contributed by atoms with Gasteiger partial charge < -0.3 is 11.2 Å². The van der Waals surface area contributed by atoms with Crippen LogP contribution >= 0.6 is 0 Å². The molecule has 0 amide bonds. The van der Waals surface area contributed by atoms with Crippen LogP contribution in [-0.2, 0) is 11.3 Å². The van der Waals surface area contributed by atoms with Crippen molar-refractivity contribution in [3.8, 4) is 0 Å². The second kappa shape index (κ2) is 9.10. The third-order valence-corrected chi connectivity index (χ3v) is 5.62. The van der Waals surface area contributed by atoms with Gasteiger partial charge in [-0.05, 0) is 37.7 Å². The maximum atomic E-state index is 5.99. The van der Waals surface area contributed by atoms with E-state index >= 15 is 0 Å². The van der Waals surface area contributed by atoms with E-state index in [2.05, 4.69) is 63.6 Å². The maximum Gasteiger partial charge on any atom is 0.0721 e. The van der Waals surface area contributed by atoms with Crippen LogP contribution in [0.1, 0.15) is 52.0 Å². The van der Waals surface area contributed by atoms with Gasteiger partial charge in [-0.2, -0.15) is 6.42 Å². The van der Waals surface area contributed by atoms with E-state index in [1.165, 1.54) is 36.0 Å². The van der Waals surface area contributed by atoms with E-state index in [-0.39, 0.29) is 41.3 Å². The van der Waals surface area contributed by atoms with Crippen LogP contribution in [-0.4, -0.2) is 6.61 Å². The number of rotatable bonds is 4. The summed E-state index contributed by atoms with van der Waals surface area (Å²) in [4.78, 5) is 0. The van der Waals surface area contributed by atoms with E-state index in [1.807, 2.05) is 0 Å². The van der Waals surface area contributed by atoms with Gasteiger partial charge in [-0.3, -0.25) is 0 Å². The Labute approximate surface area is 180 Å². The molecule has 2 aliphatic rings. The van der Waals surface area contributed by atoms with Gasteiger partial charge in [0.2, 0.25) is 0 Å². The molecule has 2 heteroatoms. The fourth-order valence-corrected chi connectivity index (χ4v) is 4.32. The van der Waals surface area contributed by atoms with Gasteiger partial charge in [0.15, 0.2) is 0 Å². The number of hydrogen-bond acceptors (Lipinski definition) is 1. The van der Waals surface area contributed by atoms with Crippen molar-refractivity contribution in [1.29, 1.82) is 0 Å². The quantitative estimate of drug-likeness (QED) is 0.411. The van der Waals surface area contributed by atoms with Crippen molar-refractivity contribution in [1.82, 2.24) is 0 Å². The Morgan fingerprint density at radius 3 is 2.62 bits per heavy atom. The zero-order chi connectivity index (χ0) is 16.3. The van der Waals surface area contributed by atoms with Crippen molar-refractivity contribution in [3.63, 3.8) is 0 Å².